The molecular weight excluding hydrogens is 236 g/mol. The van der Waals surface area contributed by atoms with Crippen molar-refractivity contribution in [2.75, 3.05) is 20.6 Å². The molecule has 1 aromatic rings. The minimum absolute atomic E-state index is 0.693. The summed E-state index contributed by atoms with van der Waals surface area (Å²) in [6.07, 6.45) is 11.0. The SMILES string of the molecule is CNC1CCCCCC1CN(C)Cc1cnn(C)c1. The van der Waals surface area contributed by atoms with Crippen molar-refractivity contribution in [2.24, 2.45) is 13.0 Å². The molecule has 0 amide bonds. The highest BCUT2D eigenvalue weighted by Crippen LogP contribution is 2.24. The third-order valence-corrected chi connectivity index (χ3v) is 4.29. The van der Waals surface area contributed by atoms with Crippen molar-refractivity contribution < 1.29 is 0 Å². The van der Waals surface area contributed by atoms with Gasteiger partial charge >= 0.3 is 0 Å². The molecule has 108 valence electrons. The summed E-state index contributed by atoms with van der Waals surface area (Å²) in [6, 6.07) is 0.693. The summed E-state index contributed by atoms with van der Waals surface area (Å²) in [5.74, 6) is 0.786. The molecule has 1 fully saturated rings. The number of aromatic nitrogens is 2. The molecule has 0 saturated heterocycles. The summed E-state index contributed by atoms with van der Waals surface area (Å²) in [5, 5.41) is 7.76. The molecule has 2 atom stereocenters. The van der Waals surface area contributed by atoms with E-state index >= 15 is 0 Å². The second-order valence-electron chi connectivity index (χ2n) is 6.01. The minimum Gasteiger partial charge on any atom is -0.317 e. The lowest BCUT2D eigenvalue weighted by molar-refractivity contribution is 0.223. The van der Waals surface area contributed by atoms with E-state index in [1.165, 1.54) is 44.2 Å². The van der Waals surface area contributed by atoms with Gasteiger partial charge in [0.1, 0.15) is 0 Å². The fourth-order valence-corrected chi connectivity index (χ4v) is 3.31. The van der Waals surface area contributed by atoms with Crippen LogP contribution >= 0.6 is 0 Å². The van der Waals surface area contributed by atoms with Crippen molar-refractivity contribution in [3.05, 3.63) is 18.0 Å². The molecule has 1 aliphatic carbocycles. The maximum Gasteiger partial charge on any atom is 0.0534 e. The van der Waals surface area contributed by atoms with Gasteiger partial charge in [0.25, 0.3) is 0 Å². The highest BCUT2D eigenvalue weighted by atomic mass is 15.2. The first kappa shape index (κ1) is 14.5. The van der Waals surface area contributed by atoms with Gasteiger partial charge < -0.3 is 10.2 Å². The second-order valence-corrected chi connectivity index (χ2v) is 6.01. The highest BCUT2D eigenvalue weighted by molar-refractivity contribution is 5.03. The van der Waals surface area contributed by atoms with Crippen LogP contribution in [0.4, 0.5) is 0 Å². The lowest BCUT2D eigenvalue weighted by atomic mass is 9.94. The first-order valence-corrected chi connectivity index (χ1v) is 7.52. The van der Waals surface area contributed by atoms with E-state index in [9.17, 15) is 0 Å². The molecule has 0 spiro atoms. The maximum atomic E-state index is 4.24. The summed E-state index contributed by atoms with van der Waals surface area (Å²) >= 11 is 0. The summed E-state index contributed by atoms with van der Waals surface area (Å²) in [4.78, 5) is 2.44. The van der Waals surface area contributed by atoms with Gasteiger partial charge in [0, 0.05) is 37.9 Å². The number of hydrogen-bond donors (Lipinski definition) is 1. The standard InChI is InChI=1S/C15H28N4/c1-16-15-8-6-4-5-7-14(15)12-18(2)10-13-9-17-19(3)11-13/h9,11,14-16H,4-8,10,12H2,1-3H3. The topological polar surface area (TPSA) is 33.1 Å². The molecule has 1 N–H and O–H groups in total. The van der Waals surface area contributed by atoms with Gasteiger partial charge in [-0.2, -0.15) is 5.10 Å². The molecule has 19 heavy (non-hydrogen) atoms. The third kappa shape index (κ3) is 4.32. The number of rotatable bonds is 5. The van der Waals surface area contributed by atoms with E-state index in [0.29, 0.717) is 6.04 Å². The average molecular weight is 264 g/mol. The maximum absolute atomic E-state index is 4.24. The highest BCUT2D eigenvalue weighted by Gasteiger charge is 2.23. The molecule has 1 saturated carbocycles. The fraction of sp³-hybridized carbons (Fsp3) is 0.800. The number of nitrogens with zero attached hydrogens (tertiary/aromatic N) is 3. The van der Waals surface area contributed by atoms with Crippen molar-refractivity contribution in [2.45, 2.75) is 44.7 Å². The van der Waals surface area contributed by atoms with Gasteiger partial charge in [0.15, 0.2) is 0 Å². The molecule has 0 radical (unpaired) electrons. The van der Waals surface area contributed by atoms with Gasteiger partial charge in [0.05, 0.1) is 6.20 Å². The first-order chi connectivity index (χ1) is 9.19. The van der Waals surface area contributed by atoms with Crippen LogP contribution in [0, 0.1) is 5.92 Å². The Morgan fingerprint density at radius 1 is 1.37 bits per heavy atom. The summed E-state index contributed by atoms with van der Waals surface area (Å²) in [6.45, 7) is 2.18. The van der Waals surface area contributed by atoms with Gasteiger partial charge in [-0.1, -0.05) is 19.3 Å². The third-order valence-electron chi connectivity index (χ3n) is 4.29. The minimum atomic E-state index is 0.693. The van der Waals surface area contributed by atoms with E-state index in [1.807, 2.05) is 17.9 Å². The molecule has 0 bridgehead atoms. The lowest BCUT2D eigenvalue weighted by Crippen LogP contribution is -2.39. The quantitative estimate of drug-likeness (QED) is 0.826. The molecule has 2 unspecified atom stereocenters. The monoisotopic (exact) mass is 264 g/mol. The summed E-state index contributed by atoms with van der Waals surface area (Å²) in [5.41, 5.74) is 1.31. The smallest absolute Gasteiger partial charge is 0.0534 e. The van der Waals surface area contributed by atoms with E-state index in [4.69, 9.17) is 0 Å². The van der Waals surface area contributed by atoms with E-state index in [2.05, 4.69) is 35.6 Å². The number of hydrogen-bond acceptors (Lipinski definition) is 3. The summed E-state index contributed by atoms with van der Waals surface area (Å²) < 4.78 is 1.88. The Morgan fingerprint density at radius 2 is 2.16 bits per heavy atom. The Kier molecular flexibility index (Phi) is 5.40. The van der Waals surface area contributed by atoms with Crippen LogP contribution in [0.3, 0.4) is 0 Å². The number of aryl methyl sites for hydroxylation is 1. The second kappa shape index (κ2) is 7.06. The van der Waals surface area contributed by atoms with Gasteiger partial charge in [-0.3, -0.25) is 4.68 Å². The van der Waals surface area contributed by atoms with Crippen LogP contribution < -0.4 is 5.32 Å². The normalized spacial score (nSPS) is 24.6. The van der Waals surface area contributed by atoms with Crippen molar-refractivity contribution in [1.82, 2.24) is 20.0 Å². The van der Waals surface area contributed by atoms with Crippen LogP contribution in [0.5, 0.6) is 0 Å². The molecule has 0 aromatic carbocycles. The van der Waals surface area contributed by atoms with Crippen LogP contribution in [0.1, 0.15) is 37.7 Å². The molecule has 1 aromatic heterocycles. The molecule has 2 rings (SSSR count). The zero-order valence-corrected chi connectivity index (χ0v) is 12.6. The Bertz CT molecular complexity index is 374. The predicted molar refractivity (Wildman–Crippen MR) is 79.0 cm³/mol. The average Bonchev–Trinajstić information content (AvgIpc) is 2.65. The predicted octanol–water partition coefficient (Wildman–Crippen LogP) is 2.02. The first-order valence-electron chi connectivity index (χ1n) is 7.52. The molecule has 4 heteroatoms. The van der Waals surface area contributed by atoms with Crippen LogP contribution in [0.15, 0.2) is 12.4 Å². The zero-order chi connectivity index (χ0) is 13.7. The summed E-state index contributed by atoms with van der Waals surface area (Å²) in [7, 11) is 6.32. The number of nitrogens with one attached hydrogen (secondary N) is 1. The Morgan fingerprint density at radius 3 is 2.84 bits per heavy atom. The van der Waals surface area contributed by atoms with E-state index in [0.717, 1.165) is 12.5 Å². The van der Waals surface area contributed by atoms with Gasteiger partial charge in [-0.15, -0.1) is 0 Å². The van der Waals surface area contributed by atoms with Crippen molar-refractivity contribution in [1.29, 1.82) is 0 Å². The Balaban J connectivity index is 1.87. The molecule has 0 aliphatic heterocycles. The van der Waals surface area contributed by atoms with Crippen LogP contribution in [-0.4, -0.2) is 41.4 Å². The molecule has 4 nitrogen and oxygen atoms in total. The van der Waals surface area contributed by atoms with Crippen molar-refractivity contribution in [3.63, 3.8) is 0 Å². The van der Waals surface area contributed by atoms with Crippen molar-refractivity contribution >= 4 is 0 Å². The van der Waals surface area contributed by atoms with E-state index < -0.39 is 0 Å². The largest absolute Gasteiger partial charge is 0.317 e. The molecular formula is C15H28N4. The zero-order valence-electron chi connectivity index (χ0n) is 12.6. The van der Waals surface area contributed by atoms with Gasteiger partial charge in [-0.25, -0.2) is 0 Å². The van der Waals surface area contributed by atoms with E-state index in [1.54, 1.807) is 0 Å². The van der Waals surface area contributed by atoms with Gasteiger partial charge in [0.2, 0.25) is 0 Å². The van der Waals surface area contributed by atoms with E-state index in [-0.39, 0.29) is 0 Å². The van der Waals surface area contributed by atoms with Gasteiger partial charge in [-0.05, 0) is 32.9 Å². The Hall–Kier alpha value is -0.870. The van der Waals surface area contributed by atoms with Crippen LogP contribution in [-0.2, 0) is 13.6 Å². The molecule has 1 heterocycles. The molecule has 1 aliphatic rings. The van der Waals surface area contributed by atoms with Crippen molar-refractivity contribution in [3.8, 4) is 0 Å². The lowest BCUT2D eigenvalue weighted by Gasteiger charge is -2.29. The fourth-order valence-electron chi connectivity index (χ4n) is 3.31. The van der Waals surface area contributed by atoms with Crippen LogP contribution in [0.2, 0.25) is 0 Å². The Labute approximate surface area is 117 Å². The van der Waals surface area contributed by atoms with Crippen LogP contribution in [0.25, 0.3) is 0 Å².